The maximum atomic E-state index is 11.2. The van der Waals surface area contributed by atoms with E-state index in [1.807, 2.05) is 18.2 Å². The third-order valence-corrected chi connectivity index (χ3v) is 3.62. The fraction of sp³-hybridized carbons (Fsp3) is 0.529. The van der Waals surface area contributed by atoms with Gasteiger partial charge >= 0.3 is 5.97 Å². The highest BCUT2D eigenvalue weighted by Crippen LogP contribution is 2.32. The van der Waals surface area contributed by atoms with E-state index < -0.39 is 0 Å². The third-order valence-electron chi connectivity index (χ3n) is 3.62. The molecule has 1 fully saturated rings. The Balaban J connectivity index is 1.94. The van der Waals surface area contributed by atoms with Crippen molar-refractivity contribution in [3.63, 3.8) is 0 Å². The summed E-state index contributed by atoms with van der Waals surface area (Å²) >= 11 is 0. The molecule has 6 heteroatoms. The number of methoxy groups -OCH3 is 1. The summed E-state index contributed by atoms with van der Waals surface area (Å²) in [5, 5.41) is 4.02. The van der Waals surface area contributed by atoms with Crippen LogP contribution in [-0.2, 0) is 9.53 Å². The zero-order valence-corrected chi connectivity index (χ0v) is 13.7. The van der Waals surface area contributed by atoms with E-state index in [1.165, 1.54) is 12.8 Å². The van der Waals surface area contributed by atoms with Crippen LogP contribution >= 0.6 is 0 Å². The summed E-state index contributed by atoms with van der Waals surface area (Å²) in [4.78, 5) is 11.2. The van der Waals surface area contributed by atoms with Gasteiger partial charge in [-0.2, -0.15) is 5.10 Å². The molecule has 0 unspecified atom stereocenters. The van der Waals surface area contributed by atoms with Crippen molar-refractivity contribution in [2.24, 2.45) is 5.10 Å². The van der Waals surface area contributed by atoms with Gasteiger partial charge in [0.1, 0.15) is 6.54 Å². The van der Waals surface area contributed by atoms with Gasteiger partial charge in [-0.05, 0) is 56.4 Å². The van der Waals surface area contributed by atoms with Crippen molar-refractivity contribution in [2.75, 3.05) is 20.3 Å². The Labute approximate surface area is 136 Å². The van der Waals surface area contributed by atoms with Gasteiger partial charge in [0.15, 0.2) is 11.5 Å². The monoisotopic (exact) mass is 320 g/mol. The summed E-state index contributed by atoms with van der Waals surface area (Å²) in [5.41, 5.74) is 3.53. The topological polar surface area (TPSA) is 69.2 Å². The molecule has 0 aliphatic heterocycles. The Hall–Kier alpha value is -2.24. The molecule has 0 saturated heterocycles. The summed E-state index contributed by atoms with van der Waals surface area (Å²) in [6.45, 7) is 2.18. The molecule has 1 aliphatic rings. The molecule has 1 aliphatic carbocycles. The first-order valence-corrected chi connectivity index (χ1v) is 7.99. The van der Waals surface area contributed by atoms with Crippen LogP contribution in [0, 0.1) is 0 Å². The summed E-state index contributed by atoms with van der Waals surface area (Å²) in [6.07, 6.45) is 6.50. The van der Waals surface area contributed by atoms with Gasteiger partial charge in [-0.15, -0.1) is 0 Å². The van der Waals surface area contributed by atoms with Gasteiger partial charge in [0.05, 0.1) is 26.0 Å². The molecule has 1 aromatic rings. The molecule has 0 amide bonds. The van der Waals surface area contributed by atoms with E-state index in [9.17, 15) is 4.79 Å². The lowest BCUT2D eigenvalue weighted by Gasteiger charge is -2.16. The summed E-state index contributed by atoms with van der Waals surface area (Å²) < 4.78 is 16.2. The van der Waals surface area contributed by atoms with Gasteiger partial charge < -0.3 is 14.2 Å². The molecule has 0 bridgehead atoms. The number of carbonyl (C=O) groups excluding carboxylic acids is 1. The largest absolute Gasteiger partial charge is 0.493 e. The van der Waals surface area contributed by atoms with E-state index in [-0.39, 0.29) is 18.6 Å². The van der Waals surface area contributed by atoms with Crippen molar-refractivity contribution in [1.29, 1.82) is 0 Å². The van der Waals surface area contributed by atoms with Crippen LogP contribution < -0.4 is 14.9 Å². The molecule has 0 atom stereocenters. The highest BCUT2D eigenvalue weighted by atomic mass is 16.5. The number of carbonyl (C=O) groups is 1. The maximum absolute atomic E-state index is 11.2. The smallest absolute Gasteiger partial charge is 0.327 e. The number of hydrogen-bond acceptors (Lipinski definition) is 6. The van der Waals surface area contributed by atoms with Crippen LogP contribution in [0.4, 0.5) is 0 Å². The molecular weight excluding hydrogens is 296 g/mol. The highest BCUT2D eigenvalue weighted by molar-refractivity contribution is 5.81. The first kappa shape index (κ1) is 17.1. The van der Waals surface area contributed by atoms with Gasteiger partial charge in [-0.1, -0.05) is 0 Å². The fourth-order valence-electron chi connectivity index (χ4n) is 2.49. The van der Waals surface area contributed by atoms with E-state index >= 15 is 0 Å². The molecule has 0 heterocycles. The van der Waals surface area contributed by atoms with Crippen LogP contribution in [0.1, 0.15) is 38.2 Å². The van der Waals surface area contributed by atoms with E-state index in [1.54, 1.807) is 20.2 Å². The Morgan fingerprint density at radius 3 is 2.83 bits per heavy atom. The average Bonchev–Trinajstić information content (AvgIpc) is 3.05. The average molecular weight is 320 g/mol. The maximum Gasteiger partial charge on any atom is 0.327 e. The minimum Gasteiger partial charge on any atom is -0.493 e. The zero-order chi connectivity index (χ0) is 16.5. The Kier molecular flexibility index (Phi) is 6.72. The first-order chi connectivity index (χ1) is 11.2. The van der Waals surface area contributed by atoms with Crippen LogP contribution in [0.25, 0.3) is 0 Å². The van der Waals surface area contributed by atoms with Gasteiger partial charge in [-0.25, -0.2) is 0 Å². The Bertz CT molecular complexity index is 539. The Morgan fingerprint density at radius 2 is 2.13 bits per heavy atom. The number of hydrazone groups is 1. The van der Waals surface area contributed by atoms with Crippen LogP contribution in [0.5, 0.6) is 11.5 Å². The van der Waals surface area contributed by atoms with E-state index in [0.29, 0.717) is 12.4 Å². The van der Waals surface area contributed by atoms with Gasteiger partial charge in [0.2, 0.25) is 0 Å². The number of hydrogen-bond donors (Lipinski definition) is 1. The number of benzene rings is 1. The second-order valence-corrected chi connectivity index (χ2v) is 5.33. The van der Waals surface area contributed by atoms with Crippen LogP contribution in [0.3, 0.4) is 0 Å². The summed E-state index contributed by atoms with van der Waals surface area (Å²) in [6, 6.07) is 5.64. The molecule has 6 nitrogen and oxygen atoms in total. The van der Waals surface area contributed by atoms with Gasteiger partial charge in [-0.3, -0.25) is 10.2 Å². The number of esters is 1. The molecule has 126 valence electrons. The second-order valence-electron chi connectivity index (χ2n) is 5.33. The molecule has 1 N–H and O–H groups in total. The number of rotatable bonds is 8. The highest BCUT2D eigenvalue weighted by Gasteiger charge is 2.18. The van der Waals surface area contributed by atoms with Crippen LogP contribution in [0.15, 0.2) is 23.3 Å². The molecule has 0 spiro atoms. The molecule has 23 heavy (non-hydrogen) atoms. The summed E-state index contributed by atoms with van der Waals surface area (Å²) in [7, 11) is 1.63. The van der Waals surface area contributed by atoms with Crippen molar-refractivity contribution in [2.45, 2.75) is 38.7 Å². The van der Waals surface area contributed by atoms with Crippen LogP contribution in [0.2, 0.25) is 0 Å². The van der Waals surface area contributed by atoms with Gasteiger partial charge in [0, 0.05) is 0 Å². The summed E-state index contributed by atoms with van der Waals surface area (Å²) in [5.74, 6) is 1.12. The predicted molar refractivity (Wildman–Crippen MR) is 88.1 cm³/mol. The van der Waals surface area contributed by atoms with E-state index in [4.69, 9.17) is 14.2 Å². The third kappa shape index (κ3) is 5.47. The molecular formula is C17H24N2O4. The molecule has 0 radical (unpaired) electrons. The van der Waals surface area contributed by atoms with Crippen molar-refractivity contribution >= 4 is 12.2 Å². The van der Waals surface area contributed by atoms with Crippen molar-refractivity contribution < 1.29 is 19.0 Å². The van der Waals surface area contributed by atoms with Crippen LogP contribution in [-0.4, -0.2) is 38.5 Å². The van der Waals surface area contributed by atoms with Gasteiger partial charge in [0.25, 0.3) is 0 Å². The minimum atomic E-state index is -0.329. The first-order valence-electron chi connectivity index (χ1n) is 7.99. The lowest BCUT2D eigenvalue weighted by Crippen LogP contribution is -2.20. The fourth-order valence-corrected chi connectivity index (χ4v) is 2.49. The molecule has 2 rings (SSSR count). The van der Waals surface area contributed by atoms with Crippen molar-refractivity contribution in [3.8, 4) is 11.5 Å². The SMILES string of the molecule is CCOC(=O)CN/N=C/c1ccc(OC)c(OC2CCCC2)c1. The second kappa shape index (κ2) is 9.02. The van der Waals surface area contributed by atoms with E-state index in [0.717, 1.165) is 24.2 Å². The standard InChI is InChI=1S/C17H24N2O4/c1-3-22-17(20)12-19-18-11-13-8-9-15(21-2)16(10-13)23-14-6-4-5-7-14/h8-11,14,19H,3-7,12H2,1-2H3/b18-11+. The lowest BCUT2D eigenvalue weighted by molar-refractivity contribution is -0.141. The number of nitrogens with zero attached hydrogens (tertiary/aromatic N) is 1. The lowest BCUT2D eigenvalue weighted by atomic mass is 10.2. The van der Waals surface area contributed by atoms with Crippen molar-refractivity contribution in [3.05, 3.63) is 23.8 Å². The molecule has 0 aromatic heterocycles. The molecule has 1 saturated carbocycles. The number of ether oxygens (including phenoxy) is 3. The van der Waals surface area contributed by atoms with E-state index in [2.05, 4.69) is 10.5 Å². The minimum absolute atomic E-state index is 0.0475. The number of nitrogens with one attached hydrogen (secondary N) is 1. The normalized spacial score (nSPS) is 14.9. The Morgan fingerprint density at radius 1 is 1.35 bits per heavy atom. The van der Waals surface area contributed by atoms with Crippen molar-refractivity contribution in [1.82, 2.24) is 5.43 Å². The zero-order valence-electron chi connectivity index (χ0n) is 13.7. The molecule has 1 aromatic carbocycles. The predicted octanol–water partition coefficient (Wildman–Crippen LogP) is 2.50. The quantitative estimate of drug-likeness (QED) is 0.453.